The summed E-state index contributed by atoms with van der Waals surface area (Å²) in [5.41, 5.74) is 2.13. The fourth-order valence-corrected chi connectivity index (χ4v) is 4.70. The zero-order valence-corrected chi connectivity index (χ0v) is 15.4. The van der Waals surface area contributed by atoms with E-state index >= 15 is 0 Å². The van der Waals surface area contributed by atoms with Crippen molar-refractivity contribution in [2.24, 2.45) is 0 Å². The second-order valence-corrected chi connectivity index (χ2v) is 8.96. The molecule has 2 aromatic rings. The fraction of sp³-hybridized carbons (Fsp3) is 0.278. The van der Waals surface area contributed by atoms with Crippen molar-refractivity contribution in [3.63, 3.8) is 0 Å². The summed E-state index contributed by atoms with van der Waals surface area (Å²) in [4.78, 5) is 13.2. The Hall–Kier alpha value is -1.86. The van der Waals surface area contributed by atoms with Gasteiger partial charge in [-0.25, -0.2) is 12.8 Å². The van der Waals surface area contributed by atoms with E-state index < -0.39 is 10.0 Å². The van der Waals surface area contributed by atoms with E-state index in [2.05, 4.69) is 0 Å². The number of sulfonamides is 1. The minimum Gasteiger partial charge on any atom is -0.293 e. The van der Waals surface area contributed by atoms with Crippen LogP contribution in [0.25, 0.3) is 0 Å². The van der Waals surface area contributed by atoms with Gasteiger partial charge in [-0.1, -0.05) is 0 Å². The van der Waals surface area contributed by atoms with Gasteiger partial charge in [-0.2, -0.15) is 0 Å². The van der Waals surface area contributed by atoms with Gasteiger partial charge in [0.15, 0.2) is 5.78 Å². The molecular weight excluding hydrogens is 361 g/mol. The topological polar surface area (TPSA) is 54.5 Å². The van der Waals surface area contributed by atoms with Crippen molar-refractivity contribution in [1.82, 2.24) is 0 Å². The largest absolute Gasteiger partial charge is 0.293 e. The van der Waals surface area contributed by atoms with Crippen LogP contribution in [0, 0.1) is 5.82 Å². The van der Waals surface area contributed by atoms with Crippen LogP contribution in [0.4, 0.5) is 10.1 Å². The number of fused-ring (bicyclic) bond motifs is 1. The van der Waals surface area contributed by atoms with Gasteiger partial charge in [-0.15, -0.1) is 11.8 Å². The number of ketones is 1. The van der Waals surface area contributed by atoms with Crippen LogP contribution < -0.4 is 4.31 Å². The van der Waals surface area contributed by atoms with E-state index in [1.807, 2.05) is 0 Å². The lowest BCUT2D eigenvalue weighted by molar-refractivity contribution is 0.102. The molecule has 0 N–H and O–H groups in total. The average Bonchev–Trinajstić information content (AvgIpc) is 3.05. The number of hydrogen-bond acceptors (Lipinski definition) is 4. The number of thioether (sulfide) groups is 1. The maximum Gasteiger partial charge on any atom is 0.234 e. The molecule has 0 aliphatic carbocycles. The Kier molecular flexibility index (Phi) is 5.15. The van der Waals surface area contributed by atoms with Crippen molar-refractivity contribution in [2.45, 2.75) is 18.2 Å². The number of halogens is 1. The number of rotatable bonds is 6. The van der Waals surface area contributed by atoms with Gasteiger partial charge in [0.05, 0.1) is 17.2 Å². The van der Waals surface area contributed by atoms with Gasteiger partial charge in [-0.05, 0) is 61.4 Å². The smallest absolute Gasteiger partial charge is 0.234 e. The van der Waals surface area contributed by atoms with Crippen molar-refractivity contribution in [2.75, 3.05) is 22.4 Å². The number of anilines is 1. The molecule has 0 bridgehead atoms. The summed E-state index contributed by atoms with van der Waals surface area (Å²) in [6, 6.07) is 11.2. The predicted octanol–water partition coefficient (Wildman–Crippen LogP) is 3.51. The molecule has 7 heteroatoms. The Balaban J connectivity index is 1.72. The summed E-state index contributed by atoms with van der Waals surface area (Å²) in [5.74, 6) is -0.0298. The maximum absolute atomic E-state index is 12.9. The summed E-state index contributed by atoms with van der Waals surface area (Å²) in [7, 11) is -3.28. The highest BCUT2D eigenvalue weighted by Gasteiger charge is 2.28. The van der Waals surface area contributed by atoms with Crippen LogP contribution in [-0.4, -0.2) is 32.3 Å². The van der Waals surface area contributed by atoms with Crippen LogP contribution in [0.15, 0.2) is 47.4 Å². The molecule has 0 amide bonds. The molecule has 25 heavy (non-hydrogen) atoms. The lowest BCUT2D eigenvalue weighted by atomic mass is 10.1. The molecule has 4 nitrogen and oxygen atoms in total. The van der Waals surface area contributed by atoms with Crippen LogP contribution in [0.5, 0.6) is 0 Å². The third-order valence-electron chi connectivity index (χ3n) is 4.14. The Morgan fingerprint density at radius 1 is 1.20 bits per heavy atom. The maximum atomic E-state index is 12.9. The van der Waals surface area contributed by atoms with Gasteiger partial charge in [0.1, 0.15) is 5.82 Å². The van der Waals surface area contributed by atoms with E-state index in [0.29, 0.717) is 24.2 Å². The summed E-state index contributed by atoms with van der Waals surface area (Å²) < 4.78 is 38.5. The van der Waals surface area contributed by atoms with Crippen LogP contribution in [-0.2, 0) is 16.4 Å². The van der Waals surface area contributed by atoms with Gasteiger partial charge in [-0.3, -0.25) is 9.10 Å². The van der Waals surface area contributed by atoms with E-state index in [0.717, 1.165) is 10.5 Å². The number of nitrogens with zero attached hydrogens (tertiary/aromatic N) is 1. The van der Waals surface area contributed by atoms with Gasteiger partial charge in [0, 0.05) is 17.0 Å². The number of carbonyl (C=O) groups is 1. The standard InChI is InChI=1S/C18H18FNO3S2/c1-2-25(22,23)20-10-9-13-11-14(3-8-17(13)20)18(21)12-24-16-6-4-15(19)5-7-16/h3-8,11H,2,9-10,12H2,1H3. The number of benzene rings is 2. The molecule has 0 atom stereocenters. The second-order valence-electron chi connectivity index (χ2n) is 5.73. The third kappa shape index (κ3) is 3.88. The summed E-state index contributed by atoms with van der Waals surface area (Å²) in [6.45, 7) is 2.05. The molecule has 0 radical (unpaired) electrons. The molecule has 2 aromatic carbocycles. The van der Waals surface area contributed by atoms with Crippen LogP contribution in [0.2, 0.25) is 0 Å². The fourth-order valence-electron chi connectivity index (χ4n) is 2.75. The molecule has 1 heterocycles. The Bertz CT molecular complexity index is 895. The predicted molar refractivity (Wildman–Crippen MR) is 98.4 cm³/mol. The first-order valence-electron chi connectivity index (χ1n) is 7.95. The minimum absolute atomic E-state index is 0.0334. The van der Waals surface area contributed by atoms with Crippen molar-refractivity contribution < 1.29 is 17.6 Å². The Morgan fingerprint density at radius 2 is 1.92 bits per heavy atom. The summed E-state index contributed by atoms with van der Waals surface area (Å²) >= 11 is 1.35. The number of Topliss-reactive ketones (excluding diaryl/α,β-unsaturated/α-hetero) is 1. The summed E-state index contributed by atoms with van der Waals surface area (Å²) in [5, 5.41) is 0. The Labute approximate surface area is 151 Å². The van der Waals surface area contributed by atoms with Crippen LogP contribution in [0.1, 0.15) is 22.8 Å². The van der Waals surface area contributed by atoms with Gasteiger partial charge < -0.3 is 0 Å². The molecule has 1 aliphatic heterocycles. The minimum atomic E-state index is -3.28. The number of carbonyl (C=O) groups excluding carboxylic acids is 1. The van der Waals surface area contributed by atoms with Crippen molar-refractivity contribution >= 4 is 33.3 Å². The second kappa shape index (κ2) is 7.17. The van der Waals surface area contributed by atoms with Gasteiger partial charge in [0.25, 0.3) is 0 Å². The van der Waals surface area contributed by atoms with Crippen molar-refractivity contribution in [1.29, 1.82) is 0 Å². The lowest BCUT2D eigenvalue weighted by Crippen LogP contribution is -2.30. The molecule has 132 valence electrons. The molecule has 0 spiro atoms. The molecule has 0 unspecified atom stereocenters. The molecule has 1 aliphatic rings. The Morgan fingerprint density at radius 3 is 2.60 bits per heavy atom. The highest BCUT2D eigenvalue weighted by atomic mass is 32.2. The van der Waals surface area contributed by atoms with E-state index in [1.165, 1.54) is 28.2 Å². The van der Waals surface area contributed by atoms with E-state index in [9.17, 15) is 17.6 Å². The highest BCUT2D eigenvalue weighted by Crippen LogP contribution is 2.31. The van der Waals surface area contributed by atoms with Gasteiger partial charge in [0.2, 0.25) is 10.0 Å². The van der Waals surface area contributed by atoms with Crippen molar-refractivity contribution in [3.8, 4) is 0 Å². The van der Waals surface area contributed by atoms with Crippen LogP contribution >= 0.6 is 11.8 Å². The van der Waals surface area contributed by atoms with Crippen molar-refractivity contribution in [3.05, 3.63) is 59.4 Å². The highest BCUT2D eigenvalue weighted by molar-refractivity contribution is 8.00. The van der Waals surface area contributed by atoms with E-state index in [1.54, 1.807) is 37.3 Å². The third-order valence-corrected chi connectivity index (χ3v) is 6.93. The van der Waals surface area contributed by atoms with E-state index in [4.69, 9.17) is 0 Å². The molecule has 0 saturated carbocycles. The SMILES string of the molecule is CCS(=O)(=O)N1CCc2cc(C(=O)CSc3ccc(F)cc3)ccc21. The first-order chi connectivity index (χ1) is 11.9. The van der Waals surface area contributed by atoms with Gasteiger partial charge >= 0.3 is 0 Å². The first-order valence-corrected chi connectivity index (χ1v) is 10.5. The zero-order valence-electron chi connectivity index (χ0n) is 13.7. The normalized spacial score (nSPS) is 13.8. The monoisotopic (exact) mass is 379 g/mol. The van der Waals surface area contributed by atoms with Crippen LogP contribution in [0.3, 0.4) is 0 Å². The molecular formula is C18H18FNO3S2. The molecule has 3 rings (SSSR count). The zero-order chi connectivity index (χ0) is 18.0. The number of hydrogen-bond donors (Lipinski definition) is 0. The quantitative estimate of drug-likeness (QED) is 0.569. The summed E-state index contributed by atoms with van der Waals surface area (Å²) in [6.07, 6.45) is 0.612. The molecule has 0 fully saturated rings. The lowest BCUT2D eigenvalue weighted by Gasteiger charge is -2.18. The molecule has 0 aromatic heterocycles. The average molecular weight is 379 g/mol. The molecule has 0 saturated heterocycles. The van der Waals surface area contributed by atoms with E-state index in [-0.39, 0.29) is 23.1 Å². The first kappa shape index (κ1) is 17.9.